The Morgan fingerprint density at radius 1 is 1.15 bits per heavy atom. The van der Waals surface area contributed by atoms with Gasteiger partial charge in [-0.25, -0.2) is 12.7 Å². The number of amides is 1. The molecule has 0 aromatic carbocycles. The van der Waals surface area contributed by atoms with Crippen molar-refractivity contribution in [2.75, 3.05) is 53.1 Å². The van der Waals surface area contributed by atoms with Gasteiger partial charge in [0.25, 0.3) is 0 Å². The van der Waals surface area contributed by atoms with E-state index in [1.807, 2.05) is 13.8 Å². The number of hydrogen-bond acceptors (Lipinski definition) is 4. The lowest BCUT2D eigenvalue weighted by Crippen LogP contribution is -2.43. The Balaban J connectivity index is 2.65. The molecule has 1 aliphatic carbocycles. The average molecular weight is 404 g/mol. The minimum atomic E-state index is -3.16. The Kier molecular flexibility index (Phi) is 9.52. The van der Waals surface area contributed by atoms with Crippen LogP contribution in [0, 0.1) is 5.41 Å². The van der Waals surface area contributed by atoms with E-state index in [9.17, 15) is 13.2 Å². The van der Waals surface area contributed by atoms with Crippen molar-refractivity contribution in [2.45, 2.75) is 46.0 Å². The first-order chi connectivity index (χ1) is 12.7. The van der Waals surface area contributed by atoms with Crippen molar-refractivity contribution in [2.24, 2.45) is 10.4 Å². The molecule has 0 saturated heterocycles. The summed E-state index contributed by atoms with van der Waals surface area (Å²) in [4.78, 5) is 19.0. The molecule has 2 N–H and O–H groups in total. The van der Waals surface area contributed by atoms with Gasteiger partial charge in [0.2, 0.25) is 15.9 Å². The van der Waals surface area contributed by atoms with E-state index in [2.05, 4.69) is 15.6 Å². The summed E-state index contributed by atoms with van der Waals surface area (Å²) in [5.74, 6) is 0.837. The molecule has 0 heterocycles. The molecule has 0 aromatic heterocycles. The lowest BCUT2D eigenvalue weighted by molar-refractivity contribution is -0.138. The molecule has 1 rings (SSSR count). The van der Waals surface area contributed by atoms with E-state index < -0.39 is 10.0 Å². The van der Waals surface area contributed by atoms with Crippen LogP contribution in [0.2, 0.25) is 0 Å². The summed E-state index contributed by atoms with van der Waals surface area (Å²) in [6.07, 6.45) is 5.82. The Morgan fingerprint density at radius 3 is 2.26 bits per heavy atom. The molecule has 9 heteroatoms. The van der Waals surface area contributed by atoms with Crippen molar-refractivity contribution in [3.63, 3.8) is 0 Å². The molecule has 27 heavy (non-hydrogen) atoms. The molecule has 1 saturated carbocycles. The number of sulfonamides is 1. The zero-order chi connectivity index (χ0) is 20.5. The highest BCUT2D eigenvalue weighted by Crippen LogP contribution is 2.39. The molecule has 0 radical (unpaired) electrons. The fourth-order valence-electron chi connectivity index (χ4n) is 3.56. The first kappa shape index (κ1) is 23.7. The molecule has 158 valence electrons. The van der Waals surface area contributed by atoms with Crippen molar-refractivity contribution in [3.8, 4) is 0 Å². The molecule has 1 amide bonds. The van der Waals surface area contributed by atoms with Gasteiger partial charge in [-0.1, -0.05) is 19.8 Å². The van der Waals surface area contributed by atoms with Gasteiger partial charge >= 0.3 is 0 Å². The smallest absolute Gasteiger partial charge is 0.230 e. The Bertz CT molecular complexity index is 598. The molecule has 0 atom stereocenters. The van der Waals surface area contributed by atoms with Gasteiger partial charge in [0, 0.05) is 40.3 Å². The van der Waals surface area contributed by atoms with Gasteiger partial charge in [-0.15, -0.1) is 0 Å². The highest BCUT2D eigenvalue weighted by Gasteiger charge is 2.42. The van der Waals surface area contributed by atoms with Crippen LogP contribution in [0.4, 0.5) is 0 Å². The lowest BCUT2D eigenvalue weighted by atomic mass is 9.85. The van der Waals surface area contributed by atoms with Crippen LogP contribution >= 0.6 is 0 Å². The third-order valence-corrected chi connectivity index (χ3v) is 6.38. The van der Waals surface area contributed by atoms with Gasteiger partial charge in [0.1, 0.15) is 0 Å². The Hall–Kier alpha value is -1.35. The fourth-order valence-corrected chi connectivity index (χ4v) is 4.49. The average Bonchev–Trinajstić information content (AvgIpc) is 3.07. The van der Waals surface area contributed by atoms with Crippen LogP contribution in [-0.4, -0.2) is 82.6 Å². The third kappa shape index (κ3) is 7.29. The summed E-state index contributed by atoms with van der Waals surface area (Å²) in [6, 6.07) is 0. The maximum absolute atomic E-state index is 12.7. The maximum atomic E-state index is 12.7. The Morgan fingerprint density at radius 2 is 1.78 bits per heavy atom. The monoisotopic (exact) mass is 403 g/mol. The summed E-state index contributed by atoms with van der Waals surface area (Å²) >= 11 is 0. The summed E-state index contributed by atoms with van der Waals surface area (Å²) in [5, 5.41) is 6.46. The molecular formula is C18H37N5O3S. The van der Waals surface area contributed by atoms with Crippen molar-refractivity contribution >= 4 is 21.9 Å². The van der Waals surface area contributed by atoms with Crippen LogP contribution in [0.1, 0.15) is 46.0 Å². The van der Waals surface area contributed by atoms with Crippen molar-refractivity contribution in [3.05, 3.63) is 0 Å². The highest BCUT2D eigenvalue weighted by atomic mass is 32.2. The normalized spacial score (nSPS) is 17.2. The summed E-state index contributed by atoms with van der Waals surface area (Å²) in [7, 11) is 0.449. The predicted molar refractivity (Wildman–Crippen MR) is 110 cm³/mol. The number of nitrogens with zero attached hydrogens (tertiary/aromatic N) is 3. The molecule has 1 fully saturated rings. The van der Waals surface area contributed by atoms with Gasteiger partial charge in [-0.05, 0) is 26.2 Å². The number of aliphatic imine (C=N–C) groups is 1. The van der Waals surface area contributed by atoms with E-state index in [4.69, 9.17) is 0 Å². The van der Waals surface area contributed by atoms with E-state index in [0.29, 0.717) is 38.6 Å². The molecule has 0 spiro atoms. The van der Waals surface area contributed by atoms with Crippen LogP contribution in [0.25, 0.3) is 0 Å². The second-order valence-electron chi connectivity index (χ2n) is 7.42. The van der Waals surface area contributed by atoms with E-state index in [-0.39, 0.29) is 11.3 Å². The molecule has 0 bridgehead atoms. The maximum Gasteiger partial charge on any atom is 0.230 e. The lowest BCUT2D eigenvalue weighted by Gasteiger charge is -2.29. The number of nitrogens with one attached hydrogen (secondary N) is 2. The quantitative estimate of drug-likeness (QED) is 0.321. The van der Waals surface area contributed by atoms with E-state index in [1.165, 1.54) is 10.6 Å². The first-order valence-electron chi connectivity index (χ1n) is 9.85. The molecular weight excluding hydrogens is 366 g/mol. The zero-order valence-electron chi connectivity index (χ0n) is 17.5. The molecule has 0 aromatic rings. The van der Waals surface area contributed by atoms with Gasteiger partial charge in [0.15, 0.2) is 5.96 Å². The molecule has 1 aliphatic rings. The van der Waals surface area contributed by atoms with Crippen molar-refractivity contribution in [1.29, 1.82) is 0 Å². The zero-order valence-corrected chi connectivity index (χ0v) is 18.4. The van der Waals surface area contributed by atoms with Gasteiger partial charge < -0.3 is 15.5 Å². The minimum Gasteiger partial charge on any atom is -0.357 e. The van der Waals surface area contributed by atoms with Crippen LogP contribution in [0.15, 0.2) is 4.99 Å². The van der Waals surface area contributed by atoms with Crippen molar-refractivity contribution < 1.29 is 13.2 Å². The number of rotatable bonds is 10. The van der Waals surface area contributed by atoms with E-state index in [1.54, 1.807) is 19.0 Å². The summed E-state index contributed by atoms with van der Waals surface area (Å²) in [6.45, 7) is 6.60. The second-order valence-corrected chi connectivity index (χ2v) is 9.40. The largest absolute Gasteiger partial charge is 0.357 e. The third-order valence-electron chi connectivity index (χ3n) is 5.00. The standard InChI is InChI=1S/C18H37N5O3S/c1-6-19-17(20-13-10-14-23(7-2)27(5,25)26)21-15-18(11-8-9-12-18)16(24)22(3)4/h6-15H2,1-5H3,(H2,19,20,21). The van der Waals surface area contributed by atoms with Gasteiger partial charge in [-0.2, -0.15) is 0 Å². The minimum absolute atomic E-state index is 0.159. The topological polar surface area (TPSA) is 94.1 Å². The summed E-state index contributed by atoms with van der Waals surface area (Å²) < 4.78 is 24.7. The van der Waals surface area contributed by atoms with Crippen LogP contribution in [0.5, 0.6) is 0 Å². The predicted octanol–water partition coefficient (Wildman–Crippen LogP) is 0.862. The Labute approximate surface area is 164 Å². The number of carbonyl (C=O) groups excluding carboxylic acids is 1. The fraction of sp³-hybridized carbons (Fsp3) is 0.889. The second kappa shape index (κ2) is 10.8. The SMILES string of the molecule is CCNC(=NCC1(C(=O)N(C)C)CCCC1)NCCCN(CC)S(C)(=O)=O. The number of hydrogen-bond donors (Lipinski definition) is 2. The van der Waals surface area contributed by atoms with Gasteiger partial charge in [0.05, 0.1) is 18.2 Å². The molecule has 8 nitrogen and oxygen atoms in total. The van der Waals surface area contributed by atoms with Crippen LogP contribution in [0.3, 0.4) is 0 Å². The molecule has 0 aliphatic heterocycles. The van der Waals surface area contributed by atoms with E-state index in [0.717, 1.165) is 32.2 Å². The number of carbonyl (C=O) groups is 1. The van der Waals surface area contributed by atoms with Crippen LogP contribution < -0.4 is 10.6 Å². The van der Waals surface area contributed by atoms with E-state index >= 15 is 0 Å². The first-order valence-corrected chi connectivity index (χ1v) is 11.7. The van der Waals surface area contributed by atoms with Crippen LogP contribution in [-0.2, 0) is 14.8 Å². The van der Waals surface area contributed by atoms with Crippen molar-refractivity contribution in [1.82, 2.24) is 19.8 Å². The summed E-state index contributed by atoms with van der Waals surface area (Å²) in [5.41, 5.74) is -0.388. The van der Waals surface area contributed by atoms with Gasteiger partial charge in [-0.3, -0.25) is 9.79 Å². The molecule has 0 unspecified atom stereocenters. The highest BCUT2D eigenvalue weighted by molar-refractivity contribution is 7.88. The number of guanidine groups is 1.